The van der Waals surface area contributed by atoms with Crippen LogP contribution in [-0.4, -0.2) is 30.6 Å². The van der Waals surface area contributed by atoms with E-state index in [1.807, 2.05) is 39.0 Å². The van der Waals surface area contributed by atoms with Crippen molar-refractivity contribution in [1.82, 2.24) is 10.2 Å². The van der Waals surface area contributed by atoms with Crippen LogP contribution < -0.4 is 10.1 Å². The molecule has 1 saturated heterocycles. The van der Waals surface area contributed by atoms with Gasteiger partial charge in [0.1, 0.15) is 5.75 Å². The number of hydrogen-bond acceptors (Lipinski definition) is 3. The number of benzene rings is 2. The summed E-state index contributed by atoms with van der Waals surface area (Å²) >= 11 is 0. The van der Waals surface area contributed by atoms with E-state index < -0.39 is 11.6 Å². The molecule has 3 rings (SSSR count). The smallest absolute Gasteiger partial charge is 0.159 e. The lowest BCUT2D eigenvalue weighted by molar-refractivity contribution is 0.150. The molecule has 0 aromatic heterocycles. The number of nitrogens with zero attached hydrogens (tertiary/aromatic N) is 1. The molecule has 0 spiro atoms. The average Bonchev–Trinajstić information content (AvgIpc) is 2.63. The summed E-state index contributed by atoms with van der Waals surface area (Å²) in [6.45, 7) is 8.52. The minimum Gasteiger partial charge on any atom is -0.491 e. The van der Waals surface area contributed by atoms with Gasteiger partial charge in [-0.1, -0.05) is 24.3 Å². The topological polar surface area (TPSA) is 24.5 Å². The van der Waals surface area contributed by atoms with Gasteiger partial charge in [-0.25, -0.2) is 8.78 Å². The summed E-state index contributed by atoms with van der Waals surface area (Å²) in [5.74, 6) is -0.710. The number of nitrogens with one attached hydrogen (secondary N) is 1. The zero-order valence-electron chi connectivity index (χ0n) is 15.5. The van der Waals surface area contributed by atoms with E-state index in [9.17, 15) is 8.78 Å². The van der Waals surface area contributed by atoms with Gasteiger partial charge in [-0.3, -0.25) is 4.90 Å². The van der Waals surface area contributed by atoms with Crippen LogP contribution in [0.5, 0.6) is 5.75 Å². The molecule has 1 aliphatic rings. The highest BCUT2D eigenvalue weighted by Gasteiger charge is 2.27. The third kappa shape index (κ3) is 4.22. The third-order valence-electron chi connectivity index (χ3n) is 4.84. The molecule has 0 radical (unpaired) electrons. The molecule has 0 amide bonds. The van der Waals surface area contributed by atoms with Crippen LogP contribution in [0, 0.1) is 11.6 Å². The largest absolute Gasteiger partial charge is 0.491 e. The van der Waals surface area contributed by atoms with Crippen molar-refractivity contribution in [3.05, 3.63) is 65.2 Å². The van der Waals surface area contributed by atoms with Crippen LogP contribution in [0.25, 0.3) is 0 Å². The van der Waals surface area contributed by atoms with Crippen molar-refractivity contribution in [1.29, 1.82) is 0 Å². The van der Waals surface area contributed by atoms with Crippen LogP contribution in [0.4, 0.5) is 8.78 Å². The van der Waals surface area contributed by atoms with Crippen LogP contribution >= 0.6 is 0 Å². The highest BCUT2D eigenvalue weighted by molar-refractivity contribution is 5.36. The molecular formula is C21H26F2N2O. The zero-order valence-corrected chi connectivity index (χ0v) is 15.5. The first-order chi connectivity index (χ1) is 12.5. The molecule has 5 heteroatoms. The van der Waals surface area contributed by atoms with Crippen LogP contribution in [-0.2, 0) is 0 Å². The molecule has 2 atom stereocenters. The van der Waals surface area contributed by atoms with E-state index in [4.69, 9.17) is 4.74 Å². The lowest BCUT2D eigenvalue weighted by Gasteiger charge is -2.38. The summed E-state index contributed by atoms with van der Waals surface area (Å²) in [5, 5.41) is 3.55. The number of para-hydroxylation sites is 1. The van der Waals surface area contributed by atoms with Crippen molar-refractivity contribution >= 4 is 0 Å². The maximum atomic E-state index is 13.6. The minimum absolute atomic E-state index is 0.00730. The number of piperazine rings is 1. The van der Waals surface area contributed by atoms with Crippen molar-refractivity contribution in [2.75, 3.05) is 19.6 Å². The molecule has 1 fully saturated rings. The summed E-state index contributed by atoms with van der Waals surface area (Å²) in [6.07, 6.45) is 0.108. The van der Waals surface area contributed by atoms with E-state index in [0.29, 0.717) is 0 Å². The van der Waals surface area contributed by atoms with E-state index in [2.05, 4.69) is 16.3 Å². The summed E-state index contributed by atoms with van der Waals surface area (Å²) < 4.78 is 32.8. The Morgan fingerprint density at radius 1 is 1.08 bits per heavy atom. The highest BCUT2D eigenvalue weighted by Crippen LogP contribution is 2.31. The van der Waals surface area contributed by atoms with Gasteiger partial charge < -0.3 is 10.1 Å². The number of ether oxygens (including phenoxy) is 1. The fraction of sp³-hybridized carbons (Fsp3) is 0.429. The van der Waals surface area contributed by atoms with Crippen molar-refractivity contribution in [2.24, 2.45) is 0 Å². The van der Waals surface area contributed by atoms with Crippen LogP contribution in [0.3, 0.4) is 0 Å². The Kier molecular flexibility index (Phi) is 5.89. The normalized spacial score (nSPS) is 19.5. The average molecular weight is 360 g/mol. The van der Waals surface area contributed by atoms with Crippen LogP contribution in [0.15, 0.2) is 42.5 Å². The highest BCUT2D eigenvalue weighted by atomic mass is 19.2. The van der Waals surface area contributed by atoms with Gasteiger partial charge in [0, 0.05) is 37.3 Å². The Bertz CT molecular complexity index is 751. The first-order valence-electron chi connectivity index (χ1n) is 9.13. The molecule has 2 aromatic carbocycles. The molecule has 3 nitrogen and oxygen atoms in total. The molecule has 0 bridgehead atoms. The van der Waals surface area contributed by atoms with Gasteiger partial charge in [0.2, 0.25) is 0 Å². The van der Waals surface area contributed by atoms with Crippen molar-refractivity contribution in [2.45, 2.75) is 39.0 Å². The van der Waals surface area contributed by atoms with Crippen molar-refractivity contribution in [3.63, 3.8) is 0 Å². The van der Waals surface area contributed by atoms with Crippen LogP contribution in [0.2, 0.25) is 0 Å². The van der Waals surface area contributed by atoms with E-state index >= 15 is 0 Å². The Morgan fingerprint density at radius 2 is 1.85 bits per heavy atom. The Balaban J connectivity index is 1.78. The molecule has 1 N–H and O–H groups in total. The van der Waals surface area contributed by atoms with Gasteiger partial charge in [0.15, 0.2) is 11.6 Å². The molecule has 0 saturated carbocycles. The van der Waals surface area contributed by atoms with Gasteiger partial charge in [-0.15, -0.1) is 0 Å². The van der Waals surface area contributed by atoms with Gasteiger partial charge in [0.25, 0.3) is 0 Å². The summed E-state index contributed by atoms with van der Waals surface area (Å²) in [6, 6.07) is 12.4. The SMILES string of the molecule is CC(C)Oc1ccccc1[C@@H]1CN([C@@H](C)c2ccc(F)c(F)c2)CCN1. The summed E-state index contributed by atoms with van der Waals surface area (Å²) in [4.78, 5) is 2.29. The first kappa shape index (κ1) is 18.8. The summed E-state index contributed by atoms with van der Waals surface area (Å²) in [7, 11) is 0. The second kappa shape index (κ2) is 8.14. The van der Waals surface area contributed by atoms with Crippen molar-refractivity contribution in [3.8, 4) is 5.75 Å². The lowest BCUT2D eigenvalue weighted by Crippen LogP contribution is -2.46. The Morgan fingerprint density at radius 3 is 2.58 bits per heavy atom. The van der Waals surface area contributed by atoms with E-state index in [1.165, 1.54) is 12.1 Å². The molecule has 140 valence electrons. The van der Waals surface area contributed by atoms with E-state index in [-0.39, 0.29) is 18.2 Å². The Hall–Kier alpha value is -1.98. The third-order valence-corrected chi connectivity index (χ3v) is 4.84. The maximum absolute atomic E-state index is 13.6. The van der Waals surface area contributed by atoms with Crippen molar-refractivity contribution < 1.29 is 13.5 Å². The number of hydrogen-bond donors (Lipinski definition) is 1. The minimum atomic E-state index is -0.807. The van der Waals surface area contributed by atoms with Gasteiger partial charge in [-0.05, 0) is 44.5 Å². The lowest BCUT2D eigenvalue weighted by atomic mass is 10.00. The summed E-state index contributed by atoms with van der Waals surface area (Å²) in [5.41, 5.74) is 1.92. The molecule has 0 aliphatic carbocycles. The number of rotatable bonds is 5. The monoisotopic (exact) mass is 360 g/mol. The second-order valence-electron chi connectivity index (χ2n) is 7.06. The molecule has 1 heterocycles. The fourth-order valence-electron chi connectivity index (χ4n) is 3.45. The molecule has 0 unspecified atom stereocenters. The second-order valence-corrected chi connectivity index (χ2v) is 7.06. The number of halogens is 2. The van der Waals surface area contributed by atoms with E-state index in [1.54, 1.807) is 6.07 Å². The van der Waals surface area contributed by atoms with Gasteiger partial charge in [0.05, 0.1) is 6.10 Å². The van der Waals surface area contributed by atoms with Gasteiger partial charge >= 0.3 is 0 Å². The van der Waals surface area contributed by atoms with Gasteiger partial charge in [-0.2, -0.15) is 0 Å². The molecule has 1 aliphatic heterocycles. The molecular weight excluding hydrogens is 334 g/mol. The zero-order chi connectivity index (χ0) is 18.7. The maximum Gasteiger partial charge on any atom is 0.159 e. The molecule has 2 aromatic rings. The van der Waals surface area contributed by atoms with E-state index in [0.717, 1.165) is 36.5 Å². The fourth-order valence-corrected chi connectivity index (χ4v) is 3.45. The van der Waals surface area contributed by atoms with Crippen LogP contribution in [0.1, 0.15) is 44.0 Å². The standard InChI is InChI=1S/C21H26F2N2O/c1-14(2)26-21-7-5-4-6-17(21)20-13-25(11-10-24-20)15(3)16-8-9-18(22)19(23)12-16/h4-9,12,14-15,20,24H,10-11,13H2,1-3H3/t15-,20-/m0/s1. The Labute approximate surface area is 154 Å². The first-order valence-corrected chi connectivity index (χ1v) is 9.13. The quantitative estimate of drug-likeness (QED) is 0.852. The predicted molar refractivity (Wildman–Crippen MR) is 99.3 cm³/mol. The predicted octanol–water partition coefficient (Wildman–Crippen LogP) is 4.46. The molecule has 26 heavy (non-hydrogen) atoms.